The molecule has 5 heteroatoms. The molecule has 2 rings (SSSR count). The lowest BCUT2D eigenvalue weighted by atomic mass is 9.72. The van der Waals surface area contributed by atoms with E-state index in [0.717, 1.165) is 32.1 Å². The van der Waals surface area contributed by atoms with Gasteiger partial charge in [0.05, 0.1) is 12.5 Å². The number of halogens is 1. The van der Waals surface area contributed by atoms with Crippen molar-refractivity contribution < 1.29 is 15.0 Å². The Kier molecular flexibility index (Phi) is 6.88. The van der Waals surface area contributed by atoms with Crippen LogP contribution >= 0.6 is 11.6 Å². The number of benzene rings is 1. The van der Waals surface area contributed by atoms with Crippen molar-refractivity contribution >= 4 is 17.5 Å². The van der Waals surface area contributed by atoms with Gasteiger partial charge in [-0.2, -0.15) is 0 Å². The maximum Gasteiger partial charge on any atom is 0.222 e. The minimum absolute atomic E-state index is 0.0217. The lowest BCUT2D eigenvalue weighted by molar-refractivity contribution is -0.123. The summed E-state index contributed by atoms with van der Waals surface area (Å²) in [5.74, 6) is -0.157. The zero-order valence-corrected chi connectivity index (χ0v) is 14.2. The third-order valence-electron chi connectivity index (χ3n) is 4.85. The van der Waals surface area contributed by atoms with Crippen LogP contribution in [0.1, 0.15) is 56.6 Å². The monoisotopic (exact) mass is 339 g/mol. The van der Waals surface area contributed by atoms with Gasteiger partial charge in [-0.15, -0.1) is 0 Å². The van der Waals surface area contributed by atoms with Crippen molar-refractivity contribution in [1.29, 1.82) is 0 Å². The Morgan fingerprint density at radius 3 is 2.48 bits per heavy atom. The summed E-state index contributed by atoms with van der Waals surface area (Å²) in [4.78, 5) is 12.1. The second kappa shape index (κ2) is 8.67. The number of rotatable bonds is 7. The molecular formula is C18H26ClNO3. The van der Waals surface area contributed by atoms with Crippen LogP contribution in [-0.4, -0.2) is 29.3 Å². The van der Waals surface area contributed by atoms with Gasteiger partial charge in [0.15, 0.2) is 0 Å². The summed E-state index contributed by atoms with van der Waals surface area (Å²) in [7, 11) is 0. The molecule has 23 heavy (non-hydrogen) atoms. The van der Waals surface area contributed by atoms with Crippen LogP contribution in [0.15, 0.2) is 24.3 Å². The molecule has 1 saturated carbocycles. The van der Waals surface area contributed by atoms with E-state index in [9.17, 15) is 15.0 Å². The highest BCUT2D eigenvalue weighted by Crippen LogP contribution is 2.38. The molecule has 128 valence electrons. The predicted molar refractivity (Wildman–Crippen MR) is 91.3 cm³/mol. The highest BCUT2D eigenvalue weighted by Gasteiger charge is 2.31. The molecule has 1 atom stereocenters. The SMILES string of the molecule is O=C(CC(O)c1ccc(Cl)cc1)NCC1(CCO)CCCCC1. The quantitative estimate of drug-likeness (QED) is 0.714. The van der Waals surface area contributed by atoms with E-state index in [4.69, 9.17) is 11.6 Å². The first-order chi connectivity index (χ1) is 11.0. The van der Waals surface area contributed by atoms with Crippen molar-refractivity contribution in [2.24, 2.45) is 5.41 Å². The Morgan fingerprint density at radius 2 is 1.87 bits per heavy atom. The van der Waals surface area contributed by atoms with E-state index in [1.807, 2.05) is 0 Å². The Balaban J connectivity index is 1.84. The molecule has 1 fully saturated rings. The van der Waals surface area contributed by atoms with Crippen LogP contribution in [0.3, 0.4) is 0 Å². The topological polar surface area (TPSA) is 69.6 Å². The van der Waals surface area contributed by atoms with Crippen molar-refractivity contribution in [1.82, 2.24) is 5.32 Å². The maximum absolute atomic E-state index is 12.1. The molecule has 4 nitrogen and oxygen atoms in total. The van der Waals surface area contributed by atoms with Crippen LogP contribution in [0.25, 0.3) is 0 Å². The number of carbonyl (C=O) groups excluding carboxylic acids is 1. The molecule has 3 N–H and O–H groups in total. The van der Waals surface area contributed by atoms with Gasteiger partial charge in [-0.05, 0) is 42.4 Å². The minimum atomic E-state index is -0.826. The number of hydrogen-bond donors (Lipinski definition) is 3. The summed E-state index contributed by atoms with van der Waals surface area (Å²) in [6, 6.07) is 6.87. The molecule has 1 aromatic carbocycles. The van der Waals surface area contributed by atoms with Crippen molar-refractivity contribution in [3.05, 3.63) is 34.9 Å². The zero-order valence-electron chi connectivity index (χ0n) is 13.4. The number of aliphatic hydroxyl groups excluding tert-OH is 2. The fourth-order valence-corrected chi connectivity index (χ4v) is 3.52. The van der Waals surface area contributed by atoms with Gasteiger partial charge in [0.2, 0.25) is 5.91 Å². The molecule has 0 aliphatic heterocycles. The molecule has 0 spiro atoms. The molecule has 0 radical (unpaired) electrons. The zero-order chi connectivity index (χ0) is 16.7. The van der Waals surface area contributed by atoms with Crippen molar-refractivity contribution in [2.75, 3.05) is 13.2 Å². The van der Waals surface area contributed by atoms with E-state index in [1.165, 1.54) is 6.42 Å². The molecule has 1 aliphatic carbocycles. The molecule has 1 aliphatic rings. The van der Waals surface area contributed by atoms with Crippen molar-refractivity contribution in [3.63, 3.8) is 0 Å². The molecule has 0 aromatic heterocycles. The normalized spacial score (nSPS) is 18.4. The Morgan fingerprint density at radius 1 is 1.22 bits per heavy atom. The molecule has 0 bridgehead atoms. The highest BCUT2D eigenvalue weighted by molar-refractivity contribution is 6.30. The summed E-state index contributed by atoms with van der Waals surface area (Å²) in [6.45, 7) is 0.739. The van der Waals surface area contributed by atoms with Crippen LogP contribution in [0.4, 0.5) is 0 Å². The summed E-state index contributed by atoms with van der Waals surface area (Å²) in [6.07, 6.45) is 5.58. The fraction of sp³-hybridized carbons (Fsp3) is 0.611. The highest BCUT2D eigenvalue weighted by atomic mass is 35.5. The van der Waals surface area contributed by atoms with Gasteiger partial charge in [0, 0.05) is 18.2 Å². The van der Waals surface area contributed by atoms with E-state index < -0.39 is 6.10 Å². The van der Waals surface area contributed by atoms with E-state index in [-0.39, 0.29) is 24.3 Å². The first-order valence-electron chi connectivity index (χ1n) is 8.36. The third-order valence-corrected chi connectivity index (χ3v) is 5.10. The smallest absolute Gasteiger partial charge is 0.222 e. The van der Waals surface area contributed by atoms with Crippen LogP contribution in [0.2, 0.25) is 5.02 Å². The Labute approximate surface area is 142 Å². The third kappa shape index (κ3) is 5.48. The standard InChI is InChI=1S/C18H26ClNO3/c19-15-6-4-14(5-7-15)16(22)12-17(23)20-13-18(10-11-21)8-2-1-3-9-18/h4-7,16,21-22H,1-3,8-13H2,(H,20,23). The van der Waals surface area contributed by atoms with Crippen molar-refractivity contribution in [2.45, 2.75) is 51.0 Å². The van der Waals surface area contributed by atoms with Gasteiger partial charge in [-0.25, -0.2) is 0 Å². The summed E-state index contributed by atoms with van der Waals surface area (Å²) in [5.41, 5.74) is 0.709. The Hall–Kier alpha value is -1.10. The molecular weight excluding hydrogens is 314 g/mol. The molecule has 1 unspecified atom stereocenters. The molecule has 1 amide bonds. The number of hydrogen-bond acceptors (Lipinski definition) is 3. The summed E-state index contributed by atoms with van der Waals surface area (Å²) >= 11 is 5.82. The number of nitrogens with one attached hydrogen (secondary N) is 1. The second-order valence-corrected chi connectivity index (χ2v) is 7.02. The van der Waals surface area contributed by atoms with Gasteiger partial charge < -0.3 is 15.5 Å². The van der Waals surface area contributed by atoms with E-state index in [2.05, 4.69) is 5.32 Å². The van der Waals surface area contributed by atoms with Gasteiger partial charge in [0.1, 0.15) is 0 Å². The first kappa shape index (κ1) is 18.2. The lowest BCUT2D eigenvalue weighted by Crippen LogP contribution is -2.40. The molecule has 0 saturated heterocycles. The maximum atomic E-state index is 12.1. The van der Waals surface area contributed by atoms with Crippen molar-refractivity contribution in [3.8, 4) is 0 Å². The van der Waals surface area contributed by atoms with E-state index in [0.29, 0.717) is 17.1 Å². The number of amides is 1. The van der Waals surface area contributed by atoms with E-state index in [1.54, 1.807) is 24.3 Å². The fourth-order valence-electron chi connectivity index (χ4n) is 3.39. The molecule has 0 heterocycles. The van der Waals surface area contributed by atoms with Crippen LogP contribution < -0.4 is 5.32 Å². The average molecular weight is 340 g/mol. The molecule has 1 aromatic rings. The second-order valence-electron chi connectivity index (χ2n) is 6.58. The van der Waals surface area contributed by atoms with Gasteiger partial charge in [-0.1, -0.05) is 43.0 Å². The van der Waals surface area contributed by atoms with Gasteiger partial charge in [0.25, 0.3) is 0 Å². The summed E-state index contributed by atoms with van der Waals surface area (Å²) < 4.78 is 0. The van der Waals surface area contributed by atoms with Crippen LogP contribution in [0, 0.1) is 5.41 Å². The van der Waals surface area contributed by atoms with Crippen LogP contribution in [-0.2, 0) is 4.79 Å². The largest absolute Gasteiger partial charge is 0.396 e. The predicted octanol–water partition coefficient (Wildman–Crippen LogP) is 3.21. The average Bonchev–Trinajstić information content (AvgIpc) is 2.55. The van der Waals surface area contributed by atoms with Gasteiger partial charge in [-0.3, -0.25) is 4.79 Å². The first-order valence-corrected chi connectivity index (χ1v) is 8.74. The van der Waals surface area contributed by atoms with E-state index >= 15 is 0 Å². The lowest BCUT2D eigenvalue weighted by Gasteiger charge is -2.37. The summed E-state index contributed by atoms with van der Waals surface area (Å²) in [5, 5.41) is 23.0. The number of aliphatic hydroxyl groups is 2. The van der Waals surface area contributed by atoms with Crippen LogP contribution in [0.5, 0.6) is 0 Å². The Bertz CT molecular complexity index is 492. The van der Waals surface area contributed by atoms with Gasteiger partial charge >= 0.3 is 0 Å². The number of carbonyl (C=O) groups is 1. The minimum Gasteiger partial charge on any atom is -0.396 e.